The van der Waals surface area contributed by atoms with Crippen molar-refractivity contribution in [3.8, 4) is 22.5 Å². The first-order chi connectivity index (χ1) is 26.3. The first-order valence-electron chi connectivity index (χ1n) is 16.7. The van der Waals surface area contributed by atoms with Gasteiger partial charge in [-0.05, 0) is 70.2 Å². The number of hydrogen-bond acceptors (Lipinski definition) is 9. The lowest BCUT2D eigenvalue weighted by Gasteiger charge is -2.24. The molecule has 4 aromatic carbocycles. The number of anilines is 2. The molecule has 17 heteroatoms. The van der Waals surface area contributed by atoms with Crippen molar-refractivity contribution in [1.82, 2.24) is 14.8 Å². The highest BCUT2D eigenvalue weighted by atomic mass is 35.5. The fraction of sp³-hybridized carbons (Fsp3) is 0.179. The molecule has 0 aliphatic carbocycles. The number of oxazole rings is 1. The molecule has 0 saturated carbocycles. The first kappa shape index (κ1) is 41.8. The Morgan fingerprint density at radius 2 is 1.21 bits per heavy atom. The quantitative estimate of drug-likeness (QED) is 0.138. The Hall–Kier alpha value is -5.35. The van der Waals surface area contributed by atoms with Gasteiger partial charge in [-0.1, -0.05) is 83.9 Å². The number of amides is 2. The van der Waals surface area contributed by atoms with Gasteiger partial charge >= 0.3 is 6.01 Å². The molecule has 2 aromatic heterocycles. The minimum absolute atomic E-state index is 0.00410. The monoisotopic (exact) mass is 839 g/mol. The van der Waals surface area contributed by atoms with Crippen molar-refractivity contribution >= 4 is 66.5 Å². The zero-order valence-corrected chi connectivity index (χ0v) is 33.8. The molecule has 0 unspecified atom stereocenters. The predicted octanol–water partition coefficient (Wildman–Crippen LogP) is 8.26. The third-order valence-electron chi connectivity index (χ3n) is 8.73. The second-order valence-electron chi connectivity index (χ2n) is 13.3. The maximum atomic E-state index is 14.2. The summed E-state index contributed by atoms with van der Waals surface area (Å²) >= 11 is 11.5. The molecule has 6 rings (SSSR count). The van der Waals surface area contributed by atoms with E-state index in [4.69, 9.17) is 27.6 Å². The first-order valence-corrected chi connectivity index (χ1v) is 20.4. The standard InChI is InChI=1S/C20H19ClFN3O3S.C19H17ClN2O4S/c1-20(2,29(27,28)17-10-9-14(21)11-15(17)22)19(26)23-18-12-16(24-25(18)3)13-7-5-4-6-8-13;1-19(2,27(24,25)15-10-8-14(20)9-11-15)17(23)22-18-21-16(12-26-18)13-6-4-3-5-7-13/h4-12H,1-3H3,(H,23,26);3-12H,1-2H3,(H,21,22,23). The Labute approximate surface area is 333 Å². The van der Waals surface area contributed by atoms with Gasteiger partial charge in [0.05, 0.1) is 10.6 Å². The Bertz CT molecular complexity index is 2600. The topological polar surface area (TPSA) is 170 Å². The fourth-order valence-electron chi connectivity index (χ4n) is 5.04. The number of nitrogens with zero attached hydrogens (tertiary/aromatic N) is 3. The van der Waals surface area contributed by atoms with Crippen LogP contribution >= 0.6 is 23.2 Å². The van der Waals surface area contributed by atoms with Crippen LogP contribution in [0.4, 0.5) is 16.2 Å². The molecule has 0 radical (unpaired) electrons. The van der Waals surface area contributed by atoms with Crippen LogP contribution in [0.25, 0.3) is 22.5 Å². The van der Waals surface area contributed by atoms with Crippen LogP contribution in [0.3, 0.4) is 0 Å². The van der Waals surface area contributed by atoms with Crippen LogP contribution in [0.2, 0.25) is 10.0 Å². The van der Waals surface area contributed by atoms with Crippen molar-refractivity contribution in [2.24, 2.45) is 7.05 Å². The highest BCUT2D eigenvalue weighted by Gasteiger charge is 2.45. The van der Waals surface area contributed by atoms with Gasteiger partial charge in [-0.25, -0.2) is 21.2 Å². The smallest absolute Gasteiger partial charge is 0.301 e. The Morgan fingerprint density at radius 1 is 0.696 bits per heavy atom. The molecular formula is C39H36Cl2FN5O7S2. The number of halogens is 3. The lowest BCUT2D eigenvalue weighted by molar-refractivity contribution is -0.118. The Morgan fingerprint density at radius 3 is 1.79 bits per heavy atom. The summed E-state index contributed by atoms with van der Waals surface area (Å²) in [6.07, 6.45) is 1.39. The second-order valence-corrected chi connectivity index (χ2v) is 19.1. The molecule has 0 aliphatic rings. The molecule has 292 valence electrons. The molecule has 2 heterocycles. The summed E-state index contributed by atoms with van der Waals surface area (Å²) < 4.78 is 68.9. The molecular weight excluding hydrogens is 804 g/mol. The number of nitrogens with one attached hydrogen (secondary N) is 2. The van der Waals surface area contributed by atoms with Gasteiger partial charge in [0.15, 0.2) is 19.7 Å². The fourth-order valence-corrected chi connectivity index (χ4v) is 8.11. The molecule has 56 heavy (non-hydrogen) atoms. The Kier molecular flexibility index (Phi) is 12.2. The van der Waals surface area contributed by atoms with Crippen molar-refractivity contribution in [3.63, 3.8) is 0 Å². The molecule has 6 aromatic rings. The van der Waals surface area contributed by atoms with E-state index in [-0.39, 0.29) is 15.9 Å². The number of sulfone groups is 2. The molecule has 2 N–H and O–H groups in total. The summed E-state index contributed by atoms with van der Waals surface area (Å²) in [4.78, 5) is 29.1. The third kappa shape index (κ3) is 8.70. The summed E-state index contributed by atoms with van der Waals surface area (Å²) in [5.41, 5.74) is 2.81. The van der Waals surface area contributed by atoms with Gasteiger partial charge in [-0.3, -0.25) is 19.6 Å². The van der Waals surface area contributed by atoms with Gasteiger partial charge in [-0.2, -0.15) is 10.1 Å². The maximum absolute atomic E-state index is 14.2. The maximum Gasteiger partial charge on any atom is 0.301 e. The van der Waals surface area contributed by atoms with Gasteiger partial charge in [0.2, 0.25) is 11.8 Å². The lowest BCUT2D eigenvalue weighted by atomic mass is 10.1. The molecule has 0 bridgehead atoms. The van der Waals surface area contributed by atoms with E-state index >= 15 is 0 Å². The molecule has 2 amide bonds. The van der Waals surface area contributed by atoms with Crippen LogP contribution in [-0.4, -0.2) is 52.9 Å². The van der Waals surface area contributed by atoms with E-state index in [9.17, 15) is 30.8 Å². The Balaban J connectivity index is 0.000000215. The van der Waals surface area contributed by atoms with E-state index < -0.39 is 51.7 Å². The van der Waals surface area contributed by atoms with Crippen molar-refractivity contribution < 1.29 is 35.2 Å². The van der Waals surface area contributed by atoms with Crippen molar-refractivity contribution in [2.45, 2.75) is 47.0 Å². The van der Waals surface area contributed by atoms with Crippen LogP contribution in [-0.2, 0) is 36.3 Å². The van der Waals surface area contributed by atoms with E-state index in [1.807, 2.05) is 60.7 Å². The number of benzene rings is 4. The van der Waals surface area contributed by atoms with Crippen LogP contribution < -0.4 is 10.6 Å². The van der Waals surface area contributed by atoms with Gasteiger partial charge < -0.3 is 9.73 Å². The van der Waals surface area contributed by atoms with E-state index in [0.29, 0.717) is 22.2 Å². The molecule has 0 atom stereocenters. The van der Waals surface area contributed by atoms with Crippen LogP contribution in [0, 0.1) is 5.82 Å². The normalized spacial score (nSPS) is 12.0. The van der Waals surface area contributed by atoms with E-state index in [1.54, 1.807) is 13.1 Å². The van der Waals surface area contributed by atoms with Crippen molar-refractivity contribution in [2.75, 3.05) is 10.6 Å². The van der Waals surface area contributed by atoms with E-state index in [1.165, 1.54) is 69.0 Å². The number of carbonyl (C=O) groups excluding carboxylic acids is 2. The highest BCUT2D eigenvalue weighted by molar-refractivity contribution is 7.94. The third-order valence-corrected chi connectivity index (χ3v) is 14.1. The SMILES string of the molecule is CC(C)(C(=O)Nc1nc(-c2ccccc2)co1)S(=O)(=O)c1ccc(Cl)cc1.Cn1nc(-c2ccccc2)cc1NC(=O)C(C)(C)S(=O)(=O)c1ccc(Cl)cc1F. The zero-order valence-electron chi connectivity index (χ0n) is 30.6. The van der Waals surface area contributed by atoms with Gasteiger partial charge in [0.1, 0.15) is 38.0 Å². The molecule has 0 saturated heterocycles. The van der Waals surface area contributed by atoms with E-state index in [0.717, 1.165) is 23.3 Å². The van der Waals surface area contributed by atoms with Gasteiger partial charge in [-0.15, -0.1) is 0 Å². The minimum atomic E-state index is -4.34. The lowest BCUT2D eigenvalue weighted by Crippen LogP contribution is -2.45. The second kappa shape index (κ2) is 16.4. The molecule has 0 aliphatic heterocycles. The average molecular weight is 841 g/mol. The van der Waals surface area contributed by atoms with Crippen LogP contribution in [0.15, 0.2) is 130 Å². The molecule has 0 fully saturated rings. The van der Waals surface area contributed by atoms with E-state index in [2.05, 4.69) is 20.7 Å². The number of rotatable bonds is 10. The highest BCUT2D eigenvalue weighted by Crippen LogP contribution is 2.32. The zero-order chi connectivity index (χ0) is 41.1. The summed E-state index contributed by atoms with van der Waals surface area (Å²) in [5, 5.41) is 9.83. The summed E-state index contributed by atoms with van der Waals surface area (Å²) in [5.74, 6) is -2.26. The summed E-state index contributed by atoms with van der Waals surface area (Å²) in [6, 6.07) is 29.0. The molecule has 0 spiro atoms. The van der Waals surface area contributed by atoms with Crippen molar-refractivity contribution in [1.29, 1.82) is 0 Å². The predicted molar refractivity (Wildman–Crippen MR) is 213 cm³/mol. The summed E-state index contributed by atoms with van der Waals surface area (Å²) in [6.45, 7) is 5.10. The van der Waals surface area contributed by atoms with Gasteiger partial charge in [0.25, 0.3) is 0 Å². The minimum Gasteiger partial charge on any atom is -0.431 e. The number of hydrogen-bond donors (Lipinski definition) is 2. The number of aromatic nitrogens is 3. The molecule has 12 nitrogen and oxygen atoms in total. The van der Waals surface area contributed by atoms with Crippen molar-refractivity contribution in [3.05, 3.63) is 131 Å². The average Bonchev–Trinajstić information content (AvgIpc) is 3.78. The largest absolute Gasteiger partial charge is 0.431 e. The number of aryl methyl sites for hydroxylation is 1. The van der Waals surface area contributed by atoms with Crippen LogP contribution in [0.1, 0.15) is 27.7 Å². The number of carbonyl (C=O) groups is 2. The summed E-state index contributed by atoms with van der Waals surface area (Å²) in [7, 11) is -6.67. The van der Waals surface area contributed by atoms with Gasteiger partial charge in [0, 0.05) is 34.3 Å². The van der Waals surface area contributed by atoms with Crippen LogP contribution in [0.5, 0.6) is 0 Å².